The summed E-state index contributed by atoms with van der Waals surface area (Å²) in [6.45, 7) is 5.50. The van der Waals surface area contributed by atoms with Crippen LogP contribution in [0.2, 0.25) is 0 Å². The molecular weight excluding hydrogens is 378 g/mol. The number of benzene rings is 1. The van der Waals surface area contributed by atoms with Crippen molar-refractivity contribution in [3.63, 3.8) is 0 Å². The molecular formula is C17H20BrNO5. The number of Topliss-reactive ketones (excluding diaryl/α,β-unsaturated/α-hetero) is 1. The van der Waals surface area contributed by atoms with Gasteiger partial charge in [-0.2, -0.15) is 0 Å². The number of alkyl halides is 1. The van der Waals surface area contributed by atoms with Crippen molar-refractivity contribution in [2.75, 3.05) is 25.2 Å². The van der Waals surface area contributed by atoms with E-state index in [9.17, 15) is 14.4 Å². The molecule has 1 aromatic carbocycles. The zero-order valence-electron chi connectivity index (χ0n) is 14.1. The summed E-state index contributed by atoms with van der Waals surface area (Å²) in [5.41, 5.74) is 0.663. The van der Waals surface area contributed by atoms with E-state index in [0.29, 0.717) is 16.8 Å². The maximum atomic E-state index is 12.7. The summed E-state index contributed by atoms with van der Waals surface area (Å²) in [4.78, 5) is 37.8. The number of nitrogens with zero attached hydrogens (tertiary/aromatic N) is 1. The van der Waals surface area contributed by atoms with Gasteiger partial charge in [-0.05, 0) is 44.5 Å². The highest BCUT2D eigenvalue weighted by Gasteiger charge is 2.47. The van der Waals surface area contributed by atoms with Crippen LogP contribution in [0.1, 0.15) is 36.7 Å². The number of ketones is 1. The van der Waals surface area contributed by atoms with Crippen LogP contribution >= 0.6 is 15.9 Å². The predicted molar refractivity (Wildman–Crippen MR) is 92.9 cm³/mol. The van der Waals surface area contributed by atoms with E-state index in [4.69, 9.17) is 9.47 Å². The highest BCUT2D eigenvalue weighted by Crippen LogP contribution is 2.42. The lowest BCUT2D eigenvalue weighted by Crippen LogP contribution is -2.40. The van der Waals surface area contributed by atoms with E-state index in [1.807, 2.05) is 0 Å². The van der Waals surface area contributed by atoms with Gasteiger partial charge in [0.1, 0.15) is 6.61 Å². The van der Waals surface area contributed by atoms with Gasteiger partial charge in [0.15, 0.2) is 5.78 Å². The van der Waals surface area contributed by atoms with Gasteiger partial charge in [-0.1, -0.05) is 15.9 Å². The Morgan fingerprint density at radius 2 is 1.96 bits per heavy atom. The van der Waals surface area contributed by atoms with Gasteiger partial charge in [-0.3, -0.25) is 9.59 Å². The van der Waals surface area contributed by atoms with E-state index < -0.39 is 11.5 Å². The first-order valence-electron chi connectivity index (χ1n) is 7.55. The van der Waals surface area contributed by atoms with Crippen LogP contribution in [-0.4, -0.2) is 42.9 Å². The number of imide groups is 1. The van der Waals surface area contributed by atoms with Crippen molar-refractivity contribution in [2.24, 2.45) is 0 Å². The fourth-order valence-electron chi connectivity index (χ4n) is 2.58. The highest BCUT2D eigenvalue weighted by molar-refractivity contribution is 9.10. The first-order valence-corrected chi connectivity index (χ1v) is 8.46. The molecule has 0 bridgehead atoms. The van der Waals surface area contributed by atoms with E-state index in [1.54, 1.807) is 39.0 Å². The third-order valence-corrected chi connectivity index (χ3v) is 4.41. The van der Waals surface area contributed by atoms with Crippen molar-refractivity contribution in [1.29, 1.82) is 0 Å². The number of halogens is 1. The molecule has 1 aromatic rings. The quantitative estimate of drug-likeness (QED) is 0.433. The van der Waals surface area contributed by atoms with Crippen LogP contribution in [0.25, 0.3) is 0 Å². The molecule has 2 amide bonds. The second-order valence-corrected chi connectivity index (χ2v) is 7.46. The SMILES string of the molecule is COCCOC(=O)N1C(=O)C(C)(C)c2cc(C(=O)C(C)Br)ccc21. The molecule has 1 aliphatic rings. The molecule has 24 heavy (non-hydrogen) atoms. The molecule has 0 fully saturated rings. The van der Waals surface area contributed by atoms with Gasteiger partial charge < -0.3 is 9.47 Å². The number of carbonyl (C=O) groups excluding carboxylic acids is 3. The number of rotatable bonds is 5. The lowest BCUT2D eigenvalue weighted by Gasteiger charge is -2.18. The van der Waals surface area contributed by atoms with Crippen LogP contribution in [0.3, 0.4) is 0 Å². The summed E-state index contributed by atoms with van der Waals surface area (Å²) < 4.78 is 9.90. The molecule has 1 unspecified atom stereocenters. The summed E-state index contributed by atoms with van der Waals surface area (Å²) in [6, 6.07) is 4.90. The van der Waals surface area contributed by atoms with Gasteiger partial charge in [0.25, 0.3) is 0 Å². The summed E-state index contributed by atoms with van der Waals surface area (Å²) >= 11 is 3.25. The molecule has 0 radical (unpaired) electrons. The second kappa shape index (κ2) is 7.03. The molecule has 7 heteroatoms. The van der Waals surface area contributed by atoms with Crippen molar-refractivity contribution in [3.05, 3.63) is 29.3 Å². The standard InChI is InChI=1S/C17H20BrNO5/c1-10(18)14(20)11-5-6-13-12(9-11)17(2,3)15(21)19(13)16(22)24-8-7-23-4/h5-6,9-10H,7-8H2,1-4H3. The average molecular weight is 398 g/mol. The Morgan fingerprint density at radius 3 is 2.54 bits per heavy atom. The minimum Gasteiger partial charge on any atom is -0.446 e. The zero-order valence-corrected chi connectivity index (χ0v) is 15.7. The molecule has 0 spiro atoms. The first kappa shape index (κ1) is 18.6. The number of methoxy groups -OCH3 is 1. The lowest BCUT2D eigenvalue weighted by atomic mass is 9.85. The zero-order chi connectivity index (χ0) is 18.1. The second-order valence-electron chi connectivity index (χ2n) is 6.08. The highest BCUT2D eigenvalue weighted by atomic mass is 79.9. The van der Waals surface area contributed by atoms with Gasteiger partial charge in [-0.25, -0.2) is 9.69 Å². The van der Waals surface area contributed by atoms with Crippen molar-refractivity contribution < 1.29 is 23.9 Å². The number of amides is 2. The van der Waals surface area contributed by atoms with Crippen LogP contribution in [0.5, 0.6) is 0 Å². The molecule has 1 atom stereocenters. The molecule has 6 nitrogen and oxygen atoms in total. The Balaban J connectivity index is 2.39. The molecule has 0 saturated carbocycles. The molecule has 0 N–H and O–H groups in total. The monoisotopic (exact) mass is 397 g/mol. The maximum Gasteiger partial charge on any atom is 0.421 e. The van der Waals surface area contributed by atoms with Gasteiger partial charge in [0.2, 0.25) is 5.91 Å². The molecule has 0 aliphatic carbocycles. The van der Waals surface area contributed by atoms with E-state index in [2.05, 4.69) is 15.9 Å². The van der Waals surface area contributed by atoms with Crippen molar-refractivity contribution in [1.82, 2.24) is 0 Å². The molecule has 0 aromatic heterocycles. The normalized spacial score (nSPS) is 16.7. The van der Waals surface area contributed by atoms with Crippen LogP contribution < -0.4 is 4.90 Å². The molecule has 1 aliphatic heterocycles. The smallest absolute Gasteiger partial charge is 0.421 e. The van der Waals surface area contributed by atoms with E-state index in [1.165, 1.54) is 7.11 Å². The van der Waals surface area contributed by atoms with E-state index >= 15 is 0 Å². The van der Waals surface area contributed by atoms with Crippen LogP contribution in [0, 0.1) is 0 Å². The van der Waals surface area contributed by atoms with Crippen molar-refractivity contribution in [3.8, 4) is 0 Å². The van der Waals surface area contributed by atoms with Gasteiger partial charge >= 0.3 is 6.09 Å². The number of hydrogen-bond donors (Lipinski definition) is 0. The third-order valence-electron chi connectivity index (χ3n) is 3.99. The summed E-state index contributed by atoms with van der Waals surface area (Å²) in [5, 5.41) is 0. The molecule has 130 valence electrons. The minimum absolute atomic E-state index is 0.0620. The van der Waals surface area contributed by atoms with Crippen LogP contribution in [0.4, 0.5) is 10.5 Å². The van der Waals surface area contributed by atoms with Crippen LogP contribution in [-0.2, 0) is 19.7 Å². The summed E-state index contributed by atoms with van der Waals surface area (Å²) in [7, 11) is 1.50. The Bertz CT molecular complexity index is 684. The number of ether oxygens (including phenoxy) is 2. The predicted octanol–water partition coefficient (Wildman–Crippen LogP) is 3.06. The fraction of sp³-hybridized carbons (Fsp3) is 0.471. The minimum atomic E-state index is -0.915. The van der Waals surface area contributed by atoms with Crippen molar-refractivity contribution in [2.45, 2.75) is 31.0 Å². The largest absolute Gasteiger partial charge is 0.446 e. The number of fused-ring (bicyclic) bond motifs is 1. The third kappa shape index (κ3) is 3.23. The Kier molecular flexibility index (Phi) is 5.45. The molecule has 2 rings (SSSR count). The summed E-state index contributed by atoms with van der Waals surface area (Å²) in [5.74, 6) is -0.460. The molecule has 0 saturated heterocycles. The average Bonchev–Trinajstić information content (AvgIpc) is 2.73. The number of anilines is 1. The Morgan fingerprint density at radius 1 is 1.29 bits per heavy atom. The van der Waals surface area contributed by atoms with Crippen LogP contribution in [0.15, 0.2) is 18.2 Å². The van der Waals surface area contributed by atoms with Gasteiger partial charge in [-0.15, -0.1) is 0 Å². The van der Waals surface area contributed by atoms with E-state index in [0.717, 1.165) is 4.90 Å². The topological polar surface area (TPSA) is 72.9 Å². The number of hydrogen-bond acceptors (Lipinski definition) is 5. The van der Waals surface area contributed by atoms with E-state index in [-0.39, 0.29) is 29.7 Å². The fourth-order valence-corrected chi connectivity index (χ4v) is 2.84. The van der Waals surface area contributed by atoms with Gasteiger partial charge in [0.05, 0.1) is 22.5 Å². The molecule has 1 heterocycles. The lowest BCUT2D eigenvalue weighted by molar-refractivity contribution is -0.121. The maximum absolute atomic E-state index is 12.7. The number of carbonyl (C=O) groups is 3. The Hall–Kier alpha value is -1.73. The Labute approximate surface area is 149 Å². The first-order chi connectivity index (χ1) is 11.2. The summed E-state index contributed by atoms with van der Waals surface area (Å²) in [6.07, 6.45) is -0.739. The van der Waals surface area contributed by atoms with Gasteiger partial charge in [0, 0.05) is 12.7 Å². The van der Waals surface area contributed by atoms with Crippen molar-refractivity contribution >= 4 is 39.4 Å².